The summed E-state index contributed by atoms with van der Waals surface area (Å²) in [6.07, 6.45) is 3.62. The van der Waals surface area contributed by atoms with Crippen molar-refractivity contribution >= 4 is 22.0 Å². The van der Waals surface area contributed by atoms with Crippen molar-refractivity contribution < 1.29 is 27.4 Å². The van der Waals surface area contributed by atoms with Gasteiger partial charge < -0.3 is 19.5 Å². The van der Waals surface area contributed by atoms with Gasteiger partial charge in [-0.3, -0.25) is 4.79 Å². The van der Waals surface area contributed by atoms with Crippen LogP contribution >= 0.6 is 0 Å². The predicted molar refractivity (Wildman–Crippen MR) is 122 cm³/mol. The smallest absolute Gasteiger partial charge is 0.244 e. The summed E-state index contributed by atoms with van der Waals surface area (Å²) >= 11 is 0. The number of carbonyl (C=O) groups is 1. The maximum atomic E-state index is 12.7. The number of fused-ring (bicyclic) bond motifs is 1. The van der Waals surface area contributed by atoms with Gasteiger partial charge in [0.1, 0.15) is 0 Å². The van der Waals surface area contributed by atoms with E-state index < -0.39 is 15.9 Å². The van der Waals surface area contributed by atoms with E-state index in [4.69, 9.17) is 14.2 Å². The van der Waals surface area contributed by atoms with E-state index in [1.165, 1.54) is 37.3 Å². The van der Waals surface area contributed by atoms with Crippen molar-refractivity contribution in [3.63, 3.8) is 0 Å². The molecule has 172 valence electrons. The number of methoxy groups -OCH3 is 3. The van der Waals surface area contributed by atoms with Gasteiger partial charge in [-0.05, 0) is 41.3 Å². The van der Waals surface area contributed by atoms with Crippen LogP contribution in [0.25, 0.3) is 6.08 Å². The molecule has 0 bridgehead atoms. The summed E-state index contributed by atoms with van der Waals surface area (Å²) in [5, 5.41) is 2.63. The zero-order valence-electron chi connectivity index (χ0n) is 18.5. The number of hydrogen-bond acceptors (Lipinski definition) is 6. The third-order valence-corrected chi connectivity index (χ3v) is 7.08. The maximum absolute atomic E-state index is 12.7. The van der Waals surface area contributed by atoms with Crippen molar-refractivity contribution in [1.82, 2.24) is 9.62 Å². The molecule has 2 aromatic carbocycles. The Kier molecular flexibility index (Phi) is 7.76. The van der Waals surface area contributed by atoms with Crippen molar-refractivity contribution in [2.75, 3.05) is 40.2 Å². The highest BCUT2D eigenvalue weighted by Gasteiger charge is 2.26. The van der Waals surface area contributed by atoms with E-state index in [-0.39, 0.29) is 12.3 Å². The Balaban J connectivity index is 1.55. The maximum Gasteiger partial charge on any atom is 0.244 e. The third-order valence-electron chi connectivity index (χ3n) is 5.26. The molecule has 0 aliphatic carbocycles. The average Bonchev–Trinajstić information content (AvgIpc) is 2.81. The second-order valence-electron chi connectivity index (χ2n) is 7.25. The minimum atomic E-state index is -3.47. The summed E-state index contributed by atoms with van der Waals surface area (Å²) in [7, 11) is 1.07. The normalized spacial score (nSPS) is 14.1. The number of nitrogens with one attached hydrogen (secondary N) is 1. The molecule has 1 N–H and O–H groups in total. The fourth-order valence-electron chi connectivity index (χ4n) is 3.57. The van der Waals surface area contributed by atoms with Crippen LogP contribution in [0.4, 0.5) is 0 Å². The lowest BCUT2D eigenvalue weighted by molar-refractivity contribution is -0.116. The lowest BCUT2D eigenvalue weighted by Crippen LogP contribution is -2.40. The quantitative estimate of drug-likeness (QED) is 0.577. The van der Waals surface area contributed by atoms with E-state index in [1.807, 2.05) is 24.3 Å². The van der Waals surface area contributed by atoms with Crippen LogP contribution in [-0.2, 0) is 27.8 Å². The molecule has 1 aliphatic rings. The topological polar surface area (TPSA) is 94.2 Å². The van der Waals surface area contributed by atoms with E-state index in [0.29, 0.717) is 42.3 Å². The molecular formula is C23H28N2O6S. The highest BCUT2D eigenvalue weighted by Crippen LogP contribution is 2.38. The Morgan fingerprint density at radius 2 is 1.72 bits per heavy atom. The molecule has 0 saturated heterocycles. The van der Waals surface area contributed by atoms with Gasteiger partial charge in [0.2, 0.25) is 21.7 Å². The second kappa shape index (κ2) is 10.5. The van der Waals surface area contributed by atoms with Crippen LogP contribution in [0.2, 0.25) is 0 Å². The van der Waals surface area contributed by atoms with Gasteiger partial charge in [0.05, 0.1) is 27.1 Å². The minimum Gasteiger partial charge on any atom is -0.493 e. The van der Waals surface area contributed by atoms with Crippen molar-refractivity contribution in [3.8, 4) is 17.2 Å². The number of rotatable bonds is 9. The third kappa shape index (κ3) is 5.60. The summed E-state index contributed by atoms with van der Waals surface area (Å²) in [6.45, 7) is 0.848. The van der Waals surface area contributed by atoms with Crippen molar-refractivity contribution in [3.05, 3.63) is 59.2 Å². The molecule has 0 spiro atoms. The van der Waals surface area contributed by atoms with Crippen LogP contribution in [0.3, 0.4) is 0 Å². The molecule has 1 aliphatic heterocycles. The molecule has 0 fully saturated rings. The first-order valence-electron chi connectivity index (χ1n) is 10.2. The van der Waals surface area contributed by atoms with Crippen LogP contribution < -0.4 is 19.5 Å². The number of sulfonamides is 1. The first kappa shape index (κ1) is 23.6. The van der Waals surface area contributed by atoms with Crippen LogP contribution in [0.5, 0.6) is 17.2 Å². The van der Waals surface area contributed by atoms with Crippen LogP contribution in [0, 0.1) is 0 Å². The van der Waals surface area contributed by atoms with Crippen LogP contribution in [0.15, 0.2) is 42.5 Å². The van der Waals surface area contributed by atoms with E-state index >= 15 is 0 Å². The van der Waals surface area contributed by atoms with E-state index in [9.17, 15) is 13.2 Å². The summed E-state index contributed by atoms with van der Waals surface area (Å²) in [6, 6.07) is 11.3. The monoisotopic (exact) mass is 460 g/mol. The number of nitrogens with zero attached hydrogens (tertiary/aromatic N) is 1. The van der Waals surface area contributed by atoms with Gasteiger partial charge in [-0.1, -0.05) is 24.3 Å². The molecule has 1 amide bonds. The number of carbonyl (C=O) groups excluding carboxylic acids is 1. The van der Waals surface area contributed by atoms with Gasteiger partial charge in [-0.2, -0.15) is 4.31 Å². The highest BCUT2D eigenvalue weighted by molar-refractivity contribution is 7.89. The molecule has 0 radical (unpaired) electrons. The molecule has 0 saturated carbocycles. The van der Waals surface area contributed by atoms with E-state index in [2.05, 4.69) is 5.32 Å². The number of benzene rings is 2. The molecule has 9 heteroatoms. The lowest BCUT2D eigenvalue weighted by Gasteiger charge is -2.28. The molecule has 1 heterocycles. The zero-order valence-corrected chi connectivity index (χ0v) is 19.3. The summed E-state index contributed by atoms with van der Waals surface area (Å²) in [5.74, 6) is 0.862. The van der Waals surface area contributed by atoms with Crippen molar-refractivity contribution in [1.29, 1.82) is 0 Å². The molecule has 2 aromatic rings. The Morgan fingerprint density at radius 1 is 1.06 bits per heavy atom. The van der Waals surface area contributed by atoms with Gasteiger partial charge >= 0.3 is 0 Å². The summed E-state index contributed by atoms with van der Waals surface area (Å²) < 4.78 is 42.7. The molecule has 0 aromatic heterocycles. The fraction of sp³-hybridized carbons (Fsp3) is 0.348. The average molecular weight is 461 g/mol. The van der Waals surface area contributed by atoms with Crippen molar-refractivity contribution in [2.45, 2.75) is 13.0 Å². The lowest BCUT2D eigenvalue weighted by atomic mass is 10.0. The van der Waals surface area contributed by atoms with E-state index in [1.54, 1.807) is 18.2 Å². The second-order valence-corrected chi connectivity index (χ2v) is 9.34. The Bertz CT molecular complexity index is 1070. The predicted octanol–water partition coefficient (Wildman–Crippen LogP) is 2.23. The molecule has 32 heavy (non-hydrogen) atoms. The summed E-state index contributed by atoms with van der Waals surface area (Å²) in [4.78, 5) is 12.2. The van der Waals surface area contributed by atoms with Gasteiger partial charge in [0.15, 0.2) is 11.5 Å². The number of hydrogen-bond donors (Lipinski definition) is 1. The van der Waals surface area contributed by atoms with Crippen LogP contribution in [0.1, 0.15) is 16.7 Å². The number of ether oxygens (including phenoxy) is 3. The van der Waals surface area contributed by atoms with Gasteiger partial charge in [-0.25, -0.2) is 8.42 Å². The molecular weight excluding hydrogens is 432 g/mol. The van der Waals surface area contributed by atoms with Crippen molar-refractivity contribution in [2.24, 2.45) is 0 Å². The Morgan fingerprint density at radius 3 is 2.34 bits per heavy atom. The van der Waals surface area contributed by atoms with Gasteiger partial charge in [0.25, 0.3) is 0 Å². The zero-order chi connectivity index (χ0) is 23.1. The number of amides is 1. The molecule has 0 unspecified atom stereocenters. The molecule has 3 rings (SSSR count). The first-order valence-corrected chi connectivity index (χ1v) is 11.8. The van der Waals surface area contributed by atoms with E-state index in [0.717, 1.165) is 5.56 Å². The highest BCUT2D eigenvalue weighted by atomic mass is 32.2. The van der Waals surface area contributed by atoms with Gasteiger partial charge in [0, 0.05) is 25.7 Å². The molecule has 8 nitrogen and oxygen atoms in total. The Hall–Kier alpha value is -3.04. The molecule has 0 atom stereocenters. The minimum absolute atomic E-state index is 0.0267. The SMILES string of the molecule is COc1cc(/C=C/C(=O)NCCS(=O)(=O)N2CCc3ccccc3C2)cc(OC)c1OC. The largest absolute Gasteiger partial charge is 0.493 e. The fourth-order valence-corrected chi connectivity index (χ4v) is 4.89. The Labute approximate surface area is 188 Å². The van der Waals surface area contributed by atoms with Gasteiger partial charge in [-0.15, -0.1) is 0 Å². The first-order chi connectivity index (χ1) is 15.4. The standard InChI is InChI=1S/C23H28N2O6S/c1-29-20-14-17(15-21(30-2)23(20)31-3)8-9-22(26)24-11-13-32(27,28)25-12-10-18-6-4-5-7-19(18)16-25/h4-9,14-15H,10-13,16H2,1-3H3,(H,24,26)/b9-8+. The van der Waals surface area contributed by atoms with Crippen LogP contribution in [-0.4, -0.2) is 58.8 Å². The summed E-state index contributed by atoms with van der Waals surface area (Å²) in [5.41, 5.74) is 2.89.